The first-order chi connectivity index (χ1) is 16.9. The number of methoxy groups -OCH3 is 1. The summed E-state index contributed by atoms with van der Waals surface area (Å²) in [6.45, 7) is 5.18. The minimum absolute atomic E-state index is 0.381. The Hall–Kier alpha value is -4.47. The molecule has 5 aromatic rings. The summed E-state index contributed by atoms with van der Waals surface area (Å²) in [5, 5.41) is 19.0. The molecule has 0 unspecified atom stereocenters. The number of fused-ring (bicyclic) bond motifs is 1. The van der Waals surface area contributed by atoms with E-state index in [1.807, 2.05) is 60.5 Å². The van der Waals surface area contributed by atoms with Crippen LogP contribution in [-0.4, -0.2) is 47.3 Å². The molecule has 0 aliphatic rings. The monoisotopic (exact) mass is 470 g/mol. The number of benzene rings is 2. The van der Waals surface area contributed by atoms with E-state index in [0.717, 1.165) is 39.2 Å². The molecule has 0 fully saturated rings. The Kier molecular flexibility index (Phi) is 5.56. The lowest BCUT2D eigenvalue weighted by Gasteiger charge is -2.13. The van der Waals surface area contributed by atoms with Gasteiger partial charge in [0.25, 0.3) is 0 Å². The molecule has 0 spiro atoms. The van der Waals surface area contributed by atoms with Crippen LogP contribution in [-0.2, 0) is 20.1 Å². The summed E-state index contributed by atoms with van der Waals surface area (Å²) in [4.78, 5) is 12.1. The zero-order valence-electron chi connectivity index (χ0n) is 20.1. The summed E-state index contributed by atoms with van der Waals surface area (Å²) in [6.07, 6.45) is 1.77. The van der Waals surface area contributed by atoms with Crippen LogP contribution in [0.5, 0.6) is 5.75 Å². The molecule has 3 heterocycles. The average molecular weight is 471 g/mol. The number of nitrogens with zero attached hydrogens (tertiary/aromatic N) is 7. The maximum absolute atomic E-state index is 12.1. The zero-order valence-corrected chi connectivity index (χ0v) is 20.1. The summed E-state index contributed by atoms with van der Waals surface area (Å²) in [6, 6.07) is 13.4. The minimum atomic E-state index is -0.518. The summed E-state index contributed by atoms with van der Waals surface area (Å²) >= 11 is 0. The number of primary amides is 1. The molecule has 2 aromatic carbocycles. The second kappa shape index (κ2) is 8.71. The third-order valence-corrected chi connectivity index (χ3v) is 6.07. The fourth-order valence-corrected chi connectivity index (χ4v) is 4.30. The number of aromatic nitrogens is 7. The Bertz CT molecular complexity index is 1540. The second-order valence-electron chi connectivity index (χ2n) is 8.36. The summed E-state index contributed by atoms with van der Waals surface area (Å²) < 4.78 is 11.0. The van der Waals surface area contributed by atoms with Crippen molar-refractivity contribution >= 4 is 16.8 Å². The number of carbonyl (C=O) groups excluding carboxylic acids is 1. The van der Waals surface area contributed by atoms with Crippen molar-refractivity contribution in [2.45, 2.75) is 26.9 Å². The predicted molar refractivity (Wildman–Crippen MR) is 132 cm³/mol. The number of ether oxygens (including phenoxy) is 1. The standard InChI is InChI=1S/C25H26N8O2/c1-5-33-22(10-15(2)30-33)25-29-28-24(32(25)14-16-6-8-18(35-4)9-7-16)19-11-17(23(26)34)12-21-20(19)13-27-31(21)3/h6-13H,5,14H2,1-4H3,(H2,26,34). The third-order valence-electron chi connectivity index (χ3n) is 6.07. The van der Waals surface area contributed by atoms with Crippen LogP contribution in [0.3, 0.4) is 0 Å². The van der Waals surface area contributed by atoms with Crippen LogP contribution in [0.2, 0.25) is 0 Å². The molecule has 0 aliphatic heterocycles. The third kappa shape index (κ3) is 3.92. The Morgan fingerprint density at radius 3 is 2.51 bits per heavy atom. The predicted octanol–water partition coefficient (Wildman–Crippen LogP) is 3.18. The van der Waals surface area contributed by atoms with Gasteiger partial charge < -0.3 is 15.0 Å². The number of hydrogen-bond acceptors (Lipinski definition) is 6. The number of nitrogens with two attached hydrogens (primary N) is 1. The smallest absolute Gasteiger partial charge is 0.248 e. The van der Waals surface area contributed by atoms with Crippen LogP contribution >= 0.6 is 0 Å². The molecular weight excluding hydrogens is 444 g/mol. The van der Waals surface area contributed by atoms with E-state index in [9.17, 15) is 4.79 Å². The van der Waals surface area contributed by atoms with Crippen molar-refractivity contribution in [1.82, 2.24) is 34.3 Å². The SMILES string of the molecule is CCn1nc(C)cc1-c1nnc(-c2cc(C(N)=O)cc3c2cnn3C)n1Cc1ccc(OC)cc1. The van der Waals surface area contributed by atoms with Gasteiger partial charge in [-0.2, -0.15) is 10.2 Å². The molecule has 0 bridgehead atoms. The van der Waals surface area contributed by atoms with Crippen LogP contribution in [0.1, 0.15) is 28.5 Å². The van der Waals surface area contributed by atoms with Crippen molar-refractivity contribution in [3.05, 3.63) is 65.5 Å². The highest BCUT2D eigenvalue weighted by molar-refractivity contribution is 6.02. The Morgan fingerprint density at radius 2 is 1.83 bits per heavy atom. The molecule has 1 amide bonds. The first-order valence-corrected chi connectivity index (χ1v) is 11.3. The first kappa shape index (κ1) is 22.3. The molecule has 5 rings (SSSR count). The Labute approximate surface area is 201 Å². The van der Waals surface area contributed by atoms with Crippen LogP contribution in [0.25, 0.3) is 33.8 Å². The molecule has 0 aliphatic carbocycles. The van der Waals surface area contributed by atoms with E-state index in [0.29, 0.717) is 30.3 Å². The summed E-state index contributed by atoms with van der Waals surface area (Å²) in [5.41, 5.74) is 10.4. The highest BCUT2D eigenvalue weighted by atomic mass is 16.5. The minimum Gasteiger partial charge on any atom is -0.497 e. The van der Waals surface area contributed by atoms with Crippen molar-refractivity contribution in [1.29, 1.82) is 0 Å². The fourth-order valence-electron chi connectivity index (χ4n) is 4.30. The van der Waals surface area contributed by atoms with Gasteiger partial charge >= 0.3 is 0 Å². The fraction of sp³-hybridized carbons (Fsp3) is 0.240. The molecule has 0 saturated heterocycles. The lowest BCUT2D eigenvalue weighted by molar-refractivity contribution is 0.100. The highest BCUT2D eigenvalue weighted by Gasteiger charge is 2.22. The quantitative estimate of drug-likeness (QED) is 0.390. The Balaban J connectivity index is 1.75. The molecule has 178 valence electrons. The van der Waals surface area contributed by atoms with Gasteiger partial charge in [0, 0.05) is 30.1 Å². The van der Waals surface area contributed by atoms with E-state index in [-0.39, 0.29) is 0 Å². The molecule has 10 nitrogen and oxygen atoms in total. The van der Waals surface area contributed by atoms with Crippen LogP contribution < -0.4 is 10.5 Å². The van der Waals surface area contributed by atoms with Gasteiger partial charge in [-0.3, -0.25) is 14.2 Å². The molecule has 2 N–H and O–H groups in total. The molecule has 0 atom stereocenters. The molecule has 35 heavy (non-hydrogen) atoms. The van der Waals surface area contributed by atoms with Crippen molar-refractivity contribution in [3.8, 4) is 28.7 Å². The van der Waals surface area contributed by atoms with Crippen LogP contribution in [0.15, 0.2) is 48.7 Å². The summed E-state index contributed by atoms with van der Waals surface area (Å²) in [7, 11) is 3.47. The molecule has 10 heteroatoms. The second-order valence-corrected chi connectivity index (χ2v) is 8.36. The van der Waals surface area contributed by atoms with Crippen LogP contribution in [0.4, 0.5) is 0 Å². The first-order valence-electron chi connectivity index (χ1n) is 11.3. The molecule has 3 aromatic heterocycles. The number of amides is 1. The summed E-state index contributed by atoms with van der Waals surface area (Å²) in [5.74, 6) is 1.55. The van der Waals surface area contributed by atoms with E-state index in [4.69, 9.17) is 10.5 Å². The van der Waals surface area contributed by atoms with Gasteiger partial charge in [-0.15, -0.1) is 10.2 Å². The van der Waals surface area contributed by atoms with Crippen molar-refractivity contribution in [3.63, 3.8) is 0 Å². The van der Waals surface area contributed by atoms with E-state index in [1.165, 1.54) is 0 Å². The van der Waals surface area contributed by atoms with Gasteiger partial charge in [-0.25, -0.2) is 0 Å². The lowest BCUT2D eigenvalue weighted by Crippen LogP contribution is -2.12. The average Bonchev–Trinajstić information content (AvgIpc) is 3.55. The van der Waals surface area contributed by atoms with Gasteiger partial charge in [0.1, 0.15) is 11.4 Å². The van der Waals surface area contributed by atoms with E-state index >= 15 is 0 Å². The lowest BCUT2D eigenvalue weighted by atomic mass is 10.0. The maximum atomic E-state index is 12.1. The molecule has 0 saturated carbocycles. The van der Waals surface area contributed by atoms with Crippen molar-refractivity contribution < 1.29 is 9.53 Å². The van der Waals surface area contributed by atoms with E-state index in [2.05, 4.69) is 20.4 Å². The van der Waals surface area contributed by atoms with Gasteiger partial charge in [0.15, 0.2) is 11.6 Å². The van der Waals surface area contributed by atoms with Gasteiger partial charge in [-0.1, -0.05) is 12.1 Å². The topological polar surface area (TPSA) is 119 Å². The number of rotatable bonds is 7. The van der Waals surface area contributed by atoms with Crippen LogP contribution in [0, 0.1) is 6.92 Å². The Morgan fingerprint density at radius 1 is 1.09 bits per heavy atom. The molecule has 0 radical (unpaired) electrons. The largest absolute Gasteiger partial charge is 0.497 e. The maximum Gasteiger partial charge on any atom is 0.248 e. The van der Waals surface area contributed by atoms with Crippen molar-refractivity contribution in [2.75, 3.05) is 7.11 Å². The zero-order chi connectivity index (χ0) is 24.7. The highest BCUT2D eigenvalue weighted by Crippen LogP contribution is 2.32. The van der Waals surface area contributed by atoms with Crippen molar-refractivity contribution in [2.24, 2.45) is 12.8 Å². The van der Waals surface area contributed by atoms with E-state index in [1.54, 1.807) is 30.1 Å². The number of hydrogen-bond donors (Lipinski definition) is 1. The van der Waals surface area contributed by atoms with Gasteiger partial charge in [0.05, 0.1) is 31.1 Å². The normalized spacial score (nSPS) is 11.3. The molecular formula is C25H26N8O2. The number of carbonyl (C=O) groups is 1. The van der Waals surface area contributed by atoms with Gasteiger partial charge in [0.2, 0.25) is 5.91 Å². The van der Waals surface area contributed by atoms with E-state index < -0.39 is 5.91 Å². The van der Waals surface area contributed by atoms with Gasteiger partial charge in [-0.05, 0) is 49.7 Å². The number of aryl methyl sites for hydroxylation is 3.